The molecule has 0 unspecified atom stereocenters. The maximum atomic E-state index is 12.1. The first-order valence-corrected chi connectivity index (χ1v) is 8.32. The fourth-order valence-electron chi connectivity index (χ4n) is 3.36. The van der Waals surface area contributed by atoms with Crippen LogP contribution in [0, 0.1) is 0 Å². The maximum absolute atomic E-state index is 12.1. The topological polar surface area (TPSA) is 73.3 Å². The predicted octanol–water partition coefficient (Wildman–Crippen LogP) is 1.09. The number of ether oxygens (including phenoxy) is 1. The largest absolute Gasteiger partial charge is 0.481 e. The molecule has 23 heavy (non-hydrogen) atoms. The first-order valence-electron chi connectivity index (χ1n) is 8.32. The van der Waals surface area contributed by atoms with Gasteiger partial charge in [-0.25, -0.2) is 4.79 Å². The number of rotatable bonds is 4. The van der Waals surface area contributed by atoms with Gasteiger partial charge in [-0.2, -0.15) is 0 Å². The molecule has 2 aliphatic rings. The van der Waals surface area contributed by atoms with Gasteiger partial charge < -0.3 is 19.6 Å². The summed E-state index contributed by atoms with van der Waals surface area (Å²) in [4.78, 5) is 29.6. The summed E-state index contributed by atoms with van der Waals surface area (Å²) in [5, 5.41) is 9.28. The summed E-state index contributed by atoms with van der Waals surface area (Å²) in [5.41, 5.74) is -0.975. The number of hydrogen-bond acceptors (Lipinski definition) is 5. The van der Waals surface area contributed by atoms with E-state index in [0.717, 1.165) is 32.7 Å². The predicted molar refractivity (Wildman–Crippen MR) is 86.5 cm³/mol. The van der Waals surface area contributed by atoms with Crippen molar-refractivity contribution in [3.63, 3.8) is 0 Å². The van der Waals surface area contributed by atoms with Crippen molar-refractivity contribution in [2.75, 3.05) is 45.8 Å². The smallest absolute Gasteiger partial charge is 0.410 e. The molecule has 0 aromatic heterocycles. The average Bonchev–Trinajstić information content (AvgIpc) is 2.40. The number of nitrogens with zero attached hydrogens (tertiary/aromatic N) is 3. The highest BCUT2D eigenvalue weighted by molar-refractivity contribution is 5.73. The molecule has 2 heterocycles. The van der Waals surface area contributed by atoms with Crippen molar-refractivity contribution in [1.29, 1.82) is 0 Å². The molecule has 0 atom stereocenters. The van der Waals surface area contributed by atoms with Gasteiger partial charge in [0.05, 0.1) is 12.0 Å². The minimum Gasteiger partial charge on any atom is -0.481 e. The molecule has 0 saturated carbocycles. The van der Waals surface area contributed by atoms with Crippen molar-refractivity contribution < 1.29 is 19.4 Å². The lowest BCUT2D eigenvalue weighted by atomic mass is 9.84. The van der Waals surface area contributed by atoms with Crippen LogP contribution in [0.2, 0.25) is 0 Å². The van der Waals surface area contributed by atoms with E-state index >= 15 is 0 Å². The highest BCUT2D eigenvalue weighted by Crippen LogP contribution is 2.33. The van der Waals surface area contributed by atoms with Crippen molar-refractivity contribution >= 4 is 12.1 Å². The number of piperazine rings is 1. The number of aliphatic carboxylic acids is 1. The van der Waals surface area contributed by atoms with Crippen LogP contribution in [0.4, 0.5) is 4.79 Å². The summed E-state index contributed by atoms with van der Waals surface area (Å²) >= 11 is 0. The Morgan fingerprint density at radius 1 is 1.13 bits per heavy atom. The summed E-state index contributed by atoms with van der Waals surface area (Å²) in [7, 11) is 0. The fourth-order valence-corrected chi connectivity index (χ4v) is 3.36. The molecule has 132 valence electrons. The van der Waals surface area contributed by atoms with Crippen LogP contribution in [0.15, 0.2) is 0 Å². The van der Waals surface area contributed by atoms with E-state index in [-0.39, 0.29) is 12.5 Å². The summed E-state index contributed by atoms with van der Waals surface area (Å²) in [5.74, 6) is -0.813. The number of likely N-dealkylation sites (N-methyl/N-ethyl adjacent to an activating group) is 1. The van der Waals surface area contributed by atoms with E-state index < -0.39 is 17.1 Å². The SMILES string of the molecule is CCN1CCN(C2(CC(=O)O)CN(C(=O)OC(C)(C)C)C2)CC1. The van der Waals surface area contributed by atoms with Gasteiger partial charge >= 0.3 is 12.1 Å². The van der Waals surface area contributed by atoms with Gasteiger partial charge in [0, 0.05) is 39.3 Å². The Bertz CT molecular complexity index is 447. The molecule has 1 amide bonds. The second kappa shape index (κ2) is 6.65. The molecule has 0 radical (unpaired) electrons. The number of carbonyl (C=O) groups excluding carboxylic acids is 1. The number of carboxylic acids is 1. The Morgan fingerprint density at radius 2 is 1.70 bits per heavy atom. The first-order chi connectivity index (χ1) is 10.6. The third-order valence-corrected chi connectivity index (χ3v) is 4.59. The molecular weight excluding hydrogens is 298 g/mol. The minimum atomic E-state index is -0.813. The van der Waals surface area contributed by atoms with Crippen LogP contribution >= 0.6 is 0 Å². The monoisotopic (exact) mass is 327 g/mol. The van der Waals surface area contributed by atoms with E-state index in [4.69, 9.17) is 4.74 Å². The van der Waals surface area contributed by atoms with Crippen LogP contribution in [-0.2, 0) is 9.53 Å². The van der Waals surface area contributed by atoms with Gasteiger partial charge in [-0.15, -0.1) is 0 Å². The highest BCUT2D eigenvalue weighted by Gasteiger charge is 2.52. The zero-order chi connectivity index (χ0) is 17.3. The molecule has 1 N–H and O–H groups in total. The van der Waals surface area contributed by atoms with E-state index in [0.29, 0.717) is 13.1 Å². The zero-order valence-corrected chi connectivity index (χ0v) is 14.7. The highest BCUT2D eigenvalue weighted by atomic mass is 16.6. The van der Waals surface area contributed by atoms with E-state index in [1.54, 1.807) is 4.90 Å². The normalized spacial score (nSPS) is 22.5. The van der Waals surface area contributed by atoms with Crippen molar-refractivity contribution in [2.45, 2.75) is 45.3 Å². The number of likely N-dealkylation sites (tertiary alicyclic amines) is 1. The van der Waals surface area contributed by atoms with E-state index in [9.17, 15) is 14.7 Å². The van der Waals surface area contributed by atoms with E-state index in [1.165, 1.54) is 0 Å². The molecular formula is C16H29N3O4. The molecule has 2 fully saturated rings. The second-order valence-electron chi connectivity index (χ2n) is 7.55. The molecule has 2 saturated heterocycles. The van der Waals surface area contributed by atoms with Crippen LogP contribution < -0.4 is 0 Å². The quantitative estimate of drug-likeness (QED) is 0.833. The molecule has 0 bridgehead atoms. The van der Waals surface area contributed by atoms with Crippen LogP contribution in [0.25, 0.3) is 0 Å². The molecule has 7 heteroatoms. The van der Waals surface area contributed by atoms with Crippen LogP contribution in [-0.4, -0.2) is 88.8 Å². The zero-order valence-electron chi connectivity index (χ0n) is 14.7. The lowest BCUT2D eigenvalue weighted by molar-refractivity contribution is -0.147. The van der Waals surface area contributed by atoms with Gasteiger partial charge in [0.15, 0.2) is 0 Å². The van der Waals surface area contributed by atoms with E-state index in [2.05, 4.69) is 16.7 Å². The maximum Gasteiger partial charge on any atom is 0.410 e. The molecule has 2 aliphatic heterocycles. The van der Waals surface area contributed by atoms with Crippen molar-refractivity contribution in [3.05, 3.63) is 0 Å². The summed E-state index contributed by atoms with van der Waals surface area (Å²) < 4.78 is 5.37. The third-order valence-electron chi connectivity index (χ3n) is 4.59. The number of carbonyl (C=O) groups is 2. The molecule has 0 aromatic carbocycles. The Labute approximate surface area is 138 Å². The third kappa shape index (κ3) is 4.35. The molecule has 0 aliphatic carbocycles. The van der Waals surface area contributed by atoms with E-state index in [1.807, 2.05) is 20.8 Å². The lowest BCUT2D eigenvalue weighted by Gasteiger charge is -2.56. The first kappa shape index (κ1) is 18.0. The molecule has 2 rings (SSSR count). The molecule has 0 aromatic rings. The van der Waals surface area contributed by atoms with Gasteiger partial charge in [0.1, 0.15) is 5.60 Å². The second-order valence-corrected chi connectivity index (χ2v) is 7.55. The summed E-state index contributed by atoms with van der Waals surface area (Å²) in [6.07, 6.45) is -0.288. The fraction of sp³-hybridized carbons (Fsp3) is 0.875. The Morgan fingerprint density at radius 3 is 2.13 bits per heavy atom. The number of amides is 1. The van der Waals surface area contributed by atoms with Gasteiger partial charge in [-0.1, -0.05) is 6.92 Å². The molecule has 0 spiro atoms. The van der Waals surface area contributed by atoms with Gasteiger partial charge in [-0.3, -0.25) is 9.69 Å². The van der Waals surface area contributed by atoms with Crippen molar-refractivity contribution in [3.8, 4) is 0 Å². The van der Waals surface area contributed by atoms with Crippen LogP contribution in [0.1, 0.15) is 34.1 Å². The molecule has 7 nitrogen and oxygen atoms in total. The van der Waals surface area contributed by atoms with Gasteiger partial charge in [-0.05, 0) is 27.3 Å². The lowest BCUT2D eigenvalue weighted by Crippen LogP contribution is -2.74. The van der Waals surface area contributed by atoms with Gasteiger partial charge in [0.2, 0.25) is 0 Å². The Hall–Kier alpha value is -1.34. The van der Waals surface area contributed by atoms with Crippen LogP contribution in [0.5, 0.6) is 0 Å². The number of hydrogen-bond donors (Lipinski definition) is 1. The van der Waals surface area contributed by atoms with Crippen LogP contribution in [0.3, 0.4) is 0 Å². The number of carboxylic acid groups (broad SMARTS) is 1. The summed E-state index contributed by atoms with van der Waals surface area (Å²) in [6.45, 7) is 13.1. The Balaban J connectivity index is 1.98. The minimum absolute atomic E-state index is 0.0679. The summed E-state index contributed by atoms with van der Waals surface area (Å²) in [6, 6.07) is 0. The van der Waals surface area contributed by atoms with Gasteiger partial charge in [0.25, 0.3) is 0 Å². The standard InChI is InChI=1S/C16H29N3O4/c1-5-17-6-8-19(9-7-17)16(10-13(20)21)11-18(12-16)14(22)23-15(2,3)4/h5-12H2,1-4H3,(H,20,21). The van der Waals surface area contributed by atoms with Crippen molar-refractivity contribution in [1.82, 2.24) is 14.7 Å². The van der Waals surface area contributed by atoms with Crippen molar-refractivity contribution in [2.24, 2.45) is 0 Å². The Kier molecular flexibility index (Phi) is 5.20. The average molecular weight is 327 g/mol.